The fourth-order valence-corrected chi connectivity index (χ4v) is 3.40. The largest absolute Gasteiger partial charge is 0.461 e. The lowest BCUT2D eigenvalue weighted by molar-refractivity contribution is 0.0863. The predicted molar refractivity (Wildman–Crippen MR) is 84.1 cm³/mol. The molecule has 1 fully saturated rings. The maximum absolute atomic E-state index is 9.71. The molecule has 2 aromatic rings. The van der Waals surface area contributed by atoms with Crippen molar-refractivity contribution in [2.75, 3.05) is 20.2 Å². The molecule has 0 saturated heterocycles. The van der Waals surface area contributed by atoms with Gasteiger partial charge in [-0.1, -0.05) is 12.8 Å². The third kappa shape index (κ3) is 3.36. The van der Waals surface area contributed by atoms with Crippen LogP contribution in [-0.2, 0) is 6.54 Å². The summed E-state index contributed by atoms with van der Waals surface area (Å²) in [7, 11) is 2.09. The molecule has 0 amide bonds. The van der Waals surface area contributed by atoms with Gasteiger partial charge in [-0.3, -0.25) is 0 Å². The summed E-state index contributed by atoms with van der Waals surface area (Å²) in [6, 6.07) is 3.68. The third-order valence-corrected chi connectivity index (χ3v) is 4.50. The lowest BCUT2D eigenvalue weighted by Gasteiger charge is -2.31. The second-order valence-corrected chi connectivity index (χ2v) is 6.43. The SMILES string of the molecule is CN(Cc1cnc(-c2ccco2)nc1)CC1(CO)CCCC1. The van der Waals surface area contributed by atoms with Crippen LogP contribution < -0.4 is 0 Å². The fourth-order valence-electron chi connectivity index (χ4n) is 3.40. The molecule has 2 heterocycles. The van der Waals surface area contributed by atoms with Crippen LogP contribution in [0.25, 0.3) is 11.6 Å². The van der Waals surface area contributed by atoms with Gasteiger partial charge in [0.1, 0.15) is 0 Å². The smallest absolute Gasteiger partial charge is 0.195 e. The predicted octanol–water partition coefficient (Wildman–Crippen LogP) is 2.72. The van der Waals surface area contributed by atoms with E-state index < -0.39 is 0 Å². The van der Waals surface area contributed by atoms with E-state index in [0.29, 0.717) is 11.6 Å². The van der Waals surface area contributed by atoms with Gasteiger partial charge in [0, 0.05) is 43.1 Å². The van der Waals surface area contributed by atoms with Crippen LogP contribution in [0.4, 0.5) is 0 Å². The van der Waals surface area contributed by atoms with Gasteiger partial charge in [0.2, 0.25) is 0 Å². The lowest BCUT2D eigenvalue weighted by atomic mass is 9.86. The molecule has 118 valence electrons. The monoisotopic (exact) mass is 301 g/mol. The Bertz CT molecular complexity index is 574. The first kappa shape index (κ1) is 15.2. The van der Waals surface area contributed by atoms with E-state index in [1.807, 2.05) is 24.5 Å². The van der Waals surface area contributed by atoms with Gasteiger partial charge in [-0.2, -0.15) is 0 Å². The number of hydrogen-bond donors (Lipinski definition) is 1. The molecular weight excluding hydrogens is 278 g/mol. The summed E-state index contributed by atoms with van der Waals surface area (Å²) in [5.41, 5.74) is 1.16. The number of hydrogen-bond acceptors (Lipinski definition) is 5. The van der Waals surface area contributed by atoms with Crippen molar-refractivity contribution in [3.8, 4) is 11.6 Å². The van der Waals surface area contributed by atoms with Crippen molar-refractivity contribution in [2.45, 2.75) is 32.2 Å². The minimum atomic E-state index is 0.0870. The highest BCUT2D eigenvalue weighted by Crippen LogP contribution is 2.38. The van der Waals surface area contributed by atoms with Crippen LogP contribution in [0.3, 0.4) is 0 Å². The normalized spacial score (nSPS) is 17.2. The Morgan fingerprint density at radius 3 is 2.59 bits per heavy atom. The lowest BCUT2D eigenvalue weighted by Crippen LogP contribution is -2.36. The Hall–Kier alpha value is -1.72. The Labute approximate surface area is 131 Å². The maximum atomic E-state index is 9.71. The Kier molecular flexibility index (Phi) is 4.55. The zero-order chi connectivity index (χ0) is 15.4. The van der Waals surface area contributed by atoms with Crippen LogP contribution in [-0.4, -0.2) is 40.2 Å². The average molecular weight is 301 g/mol. The standard InChI is InChI=1S/C17H23N3O2/c1-20(12-17(13-21)6-2-3-7-17)11-14-9-18-16(19-10-14)15-5-4-8-22-15/h4-5,8-10,21H,2-3,6-7,11-13H2,1H3. The summed E-state index contributed by atoms with van der Waals surface area (Å²) in [6.45, 7) is 1.99. The van der Waals surface area contributed by atoms with Crippen LogP contribution >= 0.6 is 0 Å². The molecule has 2 aromatic heterocycles. The number of aliphatic hydroxyl groups excluding tert-OH is 1. The molecule has 3 rings (SSSR count). The van der Waals surface area contributed by atoms with Crippen molar-refractivity contribution >= 4 is 0 Å². The van der Waals surface area contributed by atoms with Gasteiger partial charge in [0.15, 0.2) is 11.6 Å². The van der Waals surface area contributed by atoms with Crippen molar-refractivity contribution in [1.29, 1.82) is 0 Å². The van der Waals surface area contributed by atoms with Crippen molar-refractivity contribution in [2.24, 2.45) is 5.41 Å². The molecule has 1 saturated carbocycles. The van der Waals surface area contributed by atoms with E-state index in [-0.39, 0.29) is 12.0 Å². The molecule has 0 bridgehead atoms. The van der Waals surface area contributed by atoms with E-state index >= 15 is 0 Å². The Morgan fingerprint density at radius 1 is 1.27 bits per heavy atom. The summed E-state index contributed by atoms with van der Waals surface area (Å²) in [6.07, 6.45) is 10.0. The number of rotatable bonds is 6. The summed E-state index contributed by atoms with van der Waals surface area (Å²) < 4.78 is 5.29. The van der Waals surface area contributed by atoms with Gasteiger partial charge >= 0.3 is 0 Å². The van der Waals surface area contributed by atoms with Crippen LogP contribution in [0, 0.1) is 5.41 Å². The molecule has 1 N–H and O–H groups in total. The zero-order valence-electron chi connectivity index (χ0n) is 13.0. The van der Waals surface area contributed by atoms with Crippen LogP contribution in [0.15, 0.2) is 35.2 Å². The van der Waals surface area contributed by atoms with E-state index in [1.54, 1.807) is 6.26 Å². The van der Waals surface area contributed by atoms with Crippen molar-refractivity contribution in [1.82, 2.24) is 14.9 Å². The number of nitrogens with zero attached hydrogens (tertiary/aromatic N) is 3. The molecule has 1 aliphatic rings. The molecule has 0 atom stereocenters. The molecule has 0 spiro atoms. The molecule has 0 aliphatic heterocycles. The molecule has 22 heavy (non-hydrogen) atoms. The Balaban J connectivity index is 1.60. The van der Waals surface area contributed by atoms with Gasteiger partial charge in [-0.25, -0.2) is 9.97 Å². The number of aliphatic hydroxyl groups is 1. The molecule has 0 unspecified atom stereocenters. The van der Waals surface area contributed by atoms with Crippen LogP contribution in [0.5, 0.6) is 0 Å². The van der Waals surface area contributed by atoms with Gasteiger partial charge in [-0.05, 0) is 32.0 Å². The average Bonchev–Trinajstić information content (AvgIpc) is 3.20. The zero-order valence-corrected chi connectivity index (χ0v) is 13.0. The number of aromatic nitrogens is 2. The highest BCUT2D eigenvalue weighted by molar-refractivity contribution is 5.45. The van der Waals surface area contributed by atoms with Crippen molar-refractivity contribution < 1.29 is 9.52 Å². The van der Waals surface area contributed by atoms with Crippen LogP contribution in [0.2, 0.25) is 0 Å². The molecular formula is C17H23N3O2. The molecule has 5 nitrogen and oxygen atoms in total. The summed E-state index contributed by atoms with van der Waals surface area (Å²) >= 11 is 0. The van der Waals surface area contributed by atoms with Crippen LogP contribution in [0.1, 0.15) is 31.2 Å². The first-order valence-corrected chi connectivity index (χ1v) is 7.85. The van der Waals surface area contributed by atoms with Gasteiger partial charge < -0.3 is 14.4 Å². The van der Waals surface area contributed by atoms with E-state index in [1.165, 1.54) is 12.8 Å². The van der Waals surface area contributed by atoms with E-state index in [0.717, 1.165) is 31.5 Å². The van der Waals surface area contributed by atoms with Gasteiger partial charge in [0.05, 0.1) is 6.26 Å². The first-order valence-electron chi connectivity index (χ1n) is 7.85. The summed E-state index contributed by atoms with van der Waals surface area (Å²) in [4.78, 5) is 11.0. The minimum absolute atomic E-state index is 0.0870. The molecule has 0 aromatic carbocycles. The number of furan rings is 1. The van der Waals surface area contributed by atoms with Gasteiger partial charge in [-0.15, -0.1) is 0 Å². The highest BCUT2D eigenvalue weighted by Gasteiger charge is 2.34. The summed E-state index contributed by atoms with van der Waals surface area (Å²) in [5.74, 6) is 1.30. The third-order valence-electron chi connectivity index (χ3n) is 4.50. The second kappa shape index (κ2) is 6.58. The molecule has 0 radical (unpaired) electrons. The second-order valence-electron chi connectivity index (χ2n) is 6.43. The van der Waals surface area contributed by atoms with Gasteiger partial charge in [0.25, 0.3) is 0 Å². The van der Waals surface area contributed by atoms with Crippen molar-refractivity contribution in [3.63, 3.8) is 0 Å². The fraction of sp³-hybridized carbons (Fsp3) is 0.529. The highest BCUT2D eigenvalue weighted by atomic mass is 16.3. The topological polar surface area (TPSA) is 62.4 Å². The van der Waals surface area contributed by atoms with E-state index in [2.05, 4.69) is 21.9 Å². The maximum Gasteiger partial charge on any atom is 0.195 e. The first-order chi connectivity index (χ1) is 10.7. The van der Waals surface area contributed by atoms with E-state index in [9.17, 15) is 5.11 Å². The van der Waals surface area contributed by atoms with E-state index in [4.69, 9.17) is 4.42 Å². The van der Waals surface area contributed by atoms with Crippen molar-refractivity contribution in [3.05, 3.63) is 36.4 Å². The molecule has 5 heteroatoms. The molecule has 1 aliphatic carbocycles. The quantitative estimate of drug-likeness (QED) is 0.889. The Morgan fingerprint density at radius 2 is 2.00 bits per heavy atom. The minimum Gasteiger partial charge on any atom is -0.461 e. The summed E-state index contributed by atoms with van der Waals surface area (Å²) in [5, 5.41) is 9.71.